The molecule has 2 N–H and O–H groups in total. The second-order valence-electron chi connectivity index (χ2n) is 4.38. The standard InChI is InChI=1S/C13H22N2O3/c1-13(16,4-5-14-6-7-17-2)11-8-12(18-3)10-15-9-11/h8-10,14,16H,4-7H2,1-3H3. The molecule has 5 nitrogen and oxygen atoms in total. The molecule has 0 amide bonds. The molecule has 0 aliphatic heterocycles. The lowest BCUT2D eigenvalue weighted by Gasteiger charge is -2.24. The number of methoxy groups -OCH3 is 2. The third-order valence-corrected chi connectivity index (χ3v) is 2.84. The van der Waals surface area contributed by atoms with E-state index in [0.717, 1.165) is 12.1 Å². The van der Waals surface area contributed by atoms with Crippen LogP contribution in [0.1, 0.15) is 18.9 Å². The van der Waals surface area contributed by atoms with Crippen molar-refractivity contribution in [2.75, 3.05) is 33.9 Å². The molecule has 0 aliphatic rings. The van der Waals surface area contributed by atoms with Gasteiger partial charge < -0.3 is 19.9 Å². The number of ether oxygens (including phenoxy) is 2. The summed E-state index contributed by atoms with van der Waals surface area (Å²) in [5.41, 5.74) is -0.155. The van der Waals surface area contributed by atoms with Gasteiger partial charge in [0, 0.05) is 25.4 Å². The van der Waals surface area contributed by atoms with Crippen molar-refractivity contribution in [1.82, 2.24) is 10.3 Å². The minimum atomic E-state index is -0.915. The molecule has 1 atom stereocenters. The Bertz CT molecular complexity index is 356. The first-order valence-corrected chi connectivity index (χ1v) is 6.01. The predicted molar refractivity (Wildman–Crippen MR) is 69.7 cm³/mol. The van der Waals surface area contributed by atoms with Crippen molar-refractivity contribution in [2.24, 2.45) is 0 Å². The van der Waals surface area contributed by atoms with E-state index in [0.29, 0.717) is 25.3 Å². The van der Waals surface area contributed by atoms with Gasteiger partial charge in [0.15, 0.2) is 0 Å². The van der Waals surface area contributed by atoms with E-state index in [2.05, 4.69) is 10.3 Å². The summed E-state index contributed by atoms with van der Waals surface area (Å²) in [5.74, 6) is 0.653. The molecule has 5 heteroatoms. The molecule has 0 radical (unpaired) electrons. The maximum atomic E-state index is 10.4. The highest BCUT2D eigenvalue weighted by atomic mass is 16.5. The quantitative estimate of drug-likeness (QED) is 0.676. The van der Waals surface area contributed by atoms with Crippen LogP contribution in [0, 0.1) is 0 Å². The van der Waals surface area contributed by atoms with E-state index in [1.165, 1.54) is 0 Å². The van der Waals surface area contributed by atoms with Crippen molar-refractivity contribution in [1.29, 1.82) is 0 Å². The van der Waals surface area contributed by atoms with Gasteiger partial charge in [-0.2, -0.15) is 0 Å². The highest BCUT2D eigenvalue weighted by molar-refractivity contribution is 5.27. The summed E-state index contributed by atoms with van der Waals surface area (Å²) in [6, 6.07) is 1.81. The maximum absolute atomic E-state index is 10.4. The first-order chi connectivity index (χ1) is 8.60. The summed E-state index contributed by atoms with van der Waals surface area (Å²) in [7, 11) is 3.25. The Labute approximate surface area is 108 Å². The van der Waals surface area contributed by atoms with Crippen molar-refractivity contribution < 1.29 is 14.6 Å². The molecule has 1 aromatic heterocycles. The number of pyridine rings is 1. The number of hydrogen-bond acceptors (Lipinski definition) is 5. The van der Waals surface area contributed by atoms with E-state index < -0.39 is 5.60 Å². The van der Waals surface area contributed by atoms with Crippen LogP contribution < -0.4 is 10.1 Å². The molecular weight excluding hydrogens is 232 g/mol. The molecule has 0 saturated heterocycles. The zero-order valence-electron chi connectivity index (χ0n) is 11.3. The maximum Gasteiger partial charge on any atom is 0.137 e. The minimum absolute atomic E-state index is 0.603. The van der Waals surface area contributed by atoms with E-state index in [4.69, 9.17) is 9.47 Å². The molecule has 1 heterocycles. The first kappa shape index (κ1) is 14.9. The number of aromatic nitrogens is 1. The van der Waals surface area contributed by atoms with Gasteiger partial charge in [-0.1, -0.05) is 0 Å². The Morgan fingerprint density at radius 2 is 2.11 bits per heavy atom. The van der Waals surface area contributed by atoms with Crippen LogP contribution in [0.5, 0.6) is 5.75 Å². The summed E-state index contributed by atoms with van der Waals surface area (Å²) in [6.07, 6.45) is 3.89. The number of hydrogen-bond donors (Lipinski definition) is 2. The molecule has 0 saturated carbocycles. The van der Waals surface area contributed by atoms with Crippen LogP contribution in [0.2, 0.25) is 0 Å². The van der Waals surface area contributed by atoms with Gasteiger partial charge in [0.1, 0.15) is 5.75 Å². The molecule has 102 valence electrons. The zero-order chi connectivity index (χ0) is 13.4. The zero-order valence-corrected chi connectivity index (χ0v) is 11.3. The van der Waals surface area contributed by atoms with E-state index >= 15 is 0 Å². The molecule has 0 bridgehead atoms. The van der Waals surface area contributed by atoms with Crippen molar-refractivity contribution >= 4 is 0 Å². The van der Waals surface area contributed by atoms with E-state index in [1.807, 2.05) is 6.07 Å². The van der Waals surface area contributed by atoms with E-state index in [-0.39, 0.29) is 0 Å². The average molecular weight is 254 g/mol. The Balaban J connectivity index is 2.50. The molecular formula is C13H22N2O3. The van der Waals surface area contributed by atoms with Crippen LogP contribution in [0.4, 0.5) is 0 Å². The fourth-order valence-electron chi connectivity index (χ4n) is 1.60. The number of rotatable bonds is 8. The lowest BCUT2D eigenvalue weighted by Crippen LogP contribution is -2.29. The van der Waals surface area contributed by atoms with Gasteiger partial charge in [0.2, 0.25) is 0 Å². The minimum Gasteiger partial charge on any atom is -0.495 e. The van der Waals surface area contributed by atoms with Gasteiger partial charge in [-0.15, -0.1) is 0 Å². The van der Waals surface area contributed by atoms with Gasteiger partial charge in [0.05, 0.1) is 25.5 Å². The van der Waals surface area contributed by atoms with Gasteiger partial charge >= 0.3 is 0 Å². The van der Waals surface area contributed by atoms with Crippen molar-refractivity contribution in [3.05, 3.63) is 24.0 Å². The topological polar surface area (TPSA) is 63.6 Å². The summed E-state index contributed by atoms with van der Waals surface area (Å²) in [4.78, 5) is 4.05. The first-order valence-electron chi connectivity index (χ1n) is 6.01. The van der Waals surface area contributed by atoms with Crippen molar-refractivity contribution in [3.63, 3.8) is 0 Å². The second-order valence-corrected chi connectivity index (χ2v) is 4.38. The predicted octanol–water partition coefficient (Wildman–Crippen LogP) is 0.924. The summed E-state index contributed by atoms with van der Waals surface area (Å²) in [6.45, 7) is 3.95. The van der Waals surface area contributed by atoms with Crippen molar-refractivity contribution in [3.8, 4) is 5.75 Å². The normalized spacial score (nSPS) is 14.2. The lowest BCUT2D eigenvalue weighted by molar-refractivity contribution is 0.0469. The molecule has 1 unspecified atom stereocenters. The summed E-state index contributed by atoms with van der Waals surface area (Å²) >= 11 is 0. The molecule has 18 heavy (non-hydrogen) atoms. The van der Waals surface area contributed by atoms with Crippen LogP contribution in [-0.4, -0.2) is 44.0 Å². The van der Waals surface area contributed by atoms with Crippen LogP contribution in [0.3, 0.4) is 0 Å². The van der Waals surface area contributed by atoms with Gasteiger partial charge in [-0.05, 0) is 26.0 Å². The Hall–Kier alpha value is -1.17. The highest BCUT2D eigenvalue weighted by Crippen LogP contribution is 2.25. The van der Waals surface area contributed by atoms with Gasteiger partial charge in [-0.25, -0.2) is 0 Å². The SMILES string of the molecule is COCCNCCC(C)(O)c1cncc(OC)c1. The number of nitrogens with zero attached hydrogens (tertiary/aromatic N) is 1. The van der Waals surface area contributed by atoms with E-state index in [9.17, 15) is 5.11 Å². The molecule has 0 aromatic carbocycles. The number of nitrogens with one attached hydrogen (secondary N) is 1. The summed E-state index contributed by atoms with van der Waals surface area (Å²) < 4.78 is 10.0. The monoisotopic (exact) mass is 254 g/mol. The lowest BCUT2D eigenvalue weighted by atomic mass is 9.94. The average Bonchev–Trinajstić information content (AvgIpc) is 2.38. The fraction of sp³-hybridized carbons (Fsp3) is 0.615. The van der Waals surface area contributed by atoms with E-state index in [1.54, 1.807) is 33.5 Å². The van der Waals surface area contributed by atoms with Crippen LogP contribution in [-0.2, 0) is 10.3 Å². The molecule has 1 aromatic rings. The Kier molecular flexibility index (Phi) is 6.04. The van der Waals surface area contributed by atoms with Crippen LogP contribution >= 0.6 is 0 Å². The van der Waals surface area contributed by atoms with Gasteiger partial charge in [-0.3, -0.25) is 4.98 Å². The summed E-state index contributed by atoms with van der Waals surface area (Å²) in [5, 5.41) is 13.6. The Morgan fingerprint density at radius 3 is 2.78 bits per heavy atom. The fourth-order valence-corrected chi connectivity index (χ4v) is 1.60. The van der Waals surface area contributed by atoms with Crippen molar-refractivity contribution in [2.45, 2.75) is 18.9 Å². The highest BCUT2D eigenvalue weighted by Gasteiger charge is 2.23. The van der Waals surface area contributed by atoms with Crippen LogP contribution in [0.15, 0.2) is 18.5 Å². The molecule has 0 spiro atoms. The third kappa shape index (κ3) is 4.60. The second kappa shape index (κ2) is 7.31. The molecule has 1 rings (SSSR count). The van der Waals surface area contributed by atoms with Crippen LogP contribution in [0.25, 0.3) is 0 Å². The Morgan fingerprint density at radius 1 is 1.33 bits per heavy atom. The third-order valence-electron chi connectivity index (χ3n) is 2.84. The molecule has 0 aliphatic carbocycles. The largest absolute Gasteiger partial charge is 0.495 e. The smallest absolute Gasteiger partial charge is 0.137 e. The van der Waals surface area contributed by atoms with Gasteiger partial charge in [0.25, 0.3) is 0 Å². The number of aliphatic hydroxyl groups is 1. The molecule has 0 fully saturated rings.